The van der Waals surface area contributed by atoms with Crippen molar-refractivity contribution in [2.45, 2.75) is 6.42 Å². The summed E-state index contributed by atoms with van der Waals surface area (Å²) >= 11 is 1.48. The van der Waals surface area contributed by atoms with Gasteiger partial charge in [-0.05, 0) is 41.5 Å². The number of para-hydroxylation sites is 1. The molecule has 0 aliphatic heterocycles. The first-order valence-electron chi connectivity index (χ1n) is 6.69. The molecule has 2 N–H and O–H groups in total. The molecule has 1 aromatic heterocycles. The average molecular weight is 311 g/mol. The molecule has 110 valence electrons. The quantitative estimate of drug-likeness (QED) is 0.763. The first kappa shape index (κ1) is 14.3. The number of aromatic hydroxyl groups is 1. The van der Waals surface area contributed by atoms with Crippen LogP contribution < -0.4 is 0 Å². The summed E-state index contributed by atoms with van der Waals surface area (Å²) in [6, 6.07) is 14.3. The molecule has 0 aliphatic rings. The van der Waals surface area contributed by atoms with E-state index in [4.69, 9.17) is 5.11 Å². The lowest BCUT2D eigenvalue weighted by molar-refractivity contribution is -0.135. The van der Waals surface area contributed by atoms with Gasteiger partial charge in [0.05, 0.1) is 16.6 Å². The van der Waals surface area contributed by atoms with E-state index in [1.165, 1.54) is 11.3 Å². The molecule has 5 heteroatoms. The van der Waals surface area contributed by atoms with E-state index in [0.717, 1.165) is 15.8 Å². The molecule has 0 fully saturated rings. The standard InChI is InChI=1S/C17H13NO3S/c19-13-7-5-11(6-8-13)9-12(10-16(20)21)17-18-14-3-1-2-4-15(14)22-17/h1-9,19H,10H2,(H,20,21)/b12-9-. The molecule has 3 rings (SSSR count). The Morgan fingerprint density at radius 2 is 1.86 bits per heavy atom. The van der Waals surface area contributed by atoms with E-state index in [-0.39, 0.29) is 12.2 Å². The Bertz CT molecular complexity index is 817. The van der Waals surface area contributed by atoms with Crippen molar-refractivity contribution in [3.63, 3.8) is 0 Å². The van der Waals surface area contributed by atoms with Crippen molar-refractivity contribution >= 4 is 39.2 Å². The monoisotopic (exact) mass is 311 g/mol. The third kappa shape index (κ3) is 3.15. The van der Waals surface area contributed by atoms with Gasteiger partial charge in [0.25, 0.3) is 0 Å². The second kappa shape index (κ2) is 5.99. The number of benzene rings is 2. The zero-order chi connectivity index (χ0) is 15.5. The molecule has 0 unspecified atom stereocenters. The van der Waals surface area contributed by atoms with Gasteiger partial charge in [-0.3, -0.25) is 4.79 Å². The predicted octanol–water partition coefficient (Wildman–Crippen LogP) is 4.02. The number of fused-ring (bicyclic) bond motifs is 1. The Kier molecular flexibility index (Phi) is 3.89. The molecule has 0 atom stereocenters. The molecular weight excluding hydrogens is 298 g/mol. The number of aliphatic carboxylic acids is 1. The van der Waals surface area contributed by atoms with E-state index < -0.39 is 5.97 Å². The maximum atomic E-state index is 11.1. The van der Waals surface area contributed by atoms with Crippen LogP contribution in [0.15, 0.2) is 48.5 Å². The highest BCUT2D eigenvalue weighted by atomic mass is 32.1. The smallest absolute Gasteiger partial charge is 0.307 e. The van der Waals surface area contributed by atoms with Gasteiger partial charge in [0.15, 0.2) is 0 Å². The van der Waals surface area contributed by atoms with E-state index >= 15 is 0 Å². The van der Waals surface area contributed by atoms with Gasteiger partial charge >= 0.3 is 5.97 Å². The summed E-state index contributed by atoms with van der Waals surface area (Å²) in [6.45, 7) is 0. The Hall–Kier alpha value is -2.66. The fourth-order valence-corrected chi connectivity index (χ4v) is 3.11. The summed E-state index contributed by atoms with van der Waals surface area (Å²) in [5.41, 5.74) is 2.34. The first-order valence-corrected chi connectivity index (χ1v) is 7.51. The summed E-state index contributed by atoms with van der Waals surface area (Å²) in [4.78, 5) is 15.7. The van der Waals surface area contributed by atoms with Crippen molar-refractivity contribution < 1.29 is 15.0 Å². The van der Waals surface area contributed by atoms with Gasteiger partial charge in [-0.15, -0.1) is 11.3 Å². The Morgan fingerprint density at radius 3 is 2.55 bits per heavy atom. The molecule has 0 spiro atoms. The van der Waals surface area contributed by atoms with Crippen LogP contribution >= 0.6 is 11.3 Å². The third-order valence-corrected chi connectivity index (χ3v) is 4.26. The number of phenols is 1. The molecular formula is C17H13NO3S. The number of carboxylic acid groups (broad SMARTS) is 1. The second-order valence-corrected chi connectivity index (χ2v) is 5.85. The van der Waals surface area contributed by atoms with Crippen LogP contribution in [0.5, 0.6) is 5.75 Å². The van der Waals surface area contributed by atoms with Crippen molar-refractivity contribution in [2.24, 2.45) is 0 Å². The van der Waals surface area contributed by atoms with Crippen molar-refractivity contribution in [3.8, 4) is 5.75 Å². The number of phenolic OH excluding ortho intramolecular Hbond substituents is 1. The molecule has 0 bridgehead atoms. The van der Waals surface area contributed by atoms with Gasteiger partial charge in [-0.1, -0.05) is 24.3 Å². The normalized spacial score (nSPS) is 11.7. The van der Waals surface area contributed by atoms with Crippen molar-refractivity contribution in [3.05, 3.63) is 59.1 Å². The molecule has 1 heterocycles. The van der Waals surface area contributed by atoms with Crippen LogP contribution in [-0.2, 0) is 4.79 Å². The molecule has 0 aliphatic carbocycles. The number of nitrogens with zero attached hydrogens (tertiary/aromatic N) is 1. The molecule has 2 aromatic carbocycles. The van der Waals surface area contributed by atoms with Crippen LogP contribution in [0.4, 0.5) is 0 Å². The van der Waals surface area contributed by atoms with Crippen LogP contribution in [0.3, 0.4) is 0 Å². The Labute approximate surface area is 131 Å². The van der Waals surface area contributed by atoms with Crippen LogP contribution in [0, 0.1) is 0 Å². The average Bonchev–Trinajstić information content (AvgIpc) is 2.92. The molecule has 3 aromatic rings. The summed E-state index contributed by atoms with van der Waals surface area (Å²) < 4.78 is 1.03. The van der Waals surface area contributed by atoms with Crippen molar-refractivity contribution in [2.75, 3.05) is 0 Å². The molecule has 0 saturated carbocycles. The maximum Gasteiger partial charge on any atom is 0.307 e. The zero-order valence-electron chi connectivity index (χ0n) is 11.6. The Morgan fingerprint density at radius 1 is 1.14 bits per heavy atom. The van der Waals surface area contributed by atoms with Crippen LogP contribution in [0.25, 0.3) is 21.9 Å². The van der Waals surface area contributed by atoms with Crippen LogP contribution in [-0.4, -0.2) is 21.2 Å². The van der Waals surface area contributed by atoms with E-state index in [2.05, 4.69) is 4.98 Å². The summed E-state index contributed by atoms with van der Waals surface area (Å²) in [6.07, 6.45) is 1.70. The number of rotatable bonds is 4. The van der Waals surface area contributed by atoms with Crippen molar-refractivity contribution in [1.29, 1.82) is 0 Å². The SMILES string of the molecule is O=C(O)C/C(=C/c1ccc(O)cc1)c1nc2ccccc2s1. The Balaban J connectivity index is 2.05. The fraction of sp³-hybridized carbons (Fsp3) is 0.0588. The van der Waals surface area contributed by atoms with Gasteiger partial charge < -0.3 is 10.2 Å². The van der Waals surface area contributed by atoms with Gasteiger partial charge in [0.2, 0.25) is 0 Å². The zero-order valence-corrected chi connectivity index (χ0v) is 12.4. The van der Waals surface area contributed by atoms with Gasteiger partial charge in [0.1, 0.15) is 10.8 Å². The highest BCUT2D eigenvalue weighted by Crippen LogP contribution is 2.30. The lowest BCUT2D eigenvalue weighted by atomic mass is 10.1. The lowest BCUT2D eigenvalue weighted by Crippen LogP contribution is -1.96. The van der Waals surface area contributed by atoms with Crippen molar-refractivity contribution in [1.82, 2.24) is 4.98 Å². The highest BCUT2D eigenvalue weighted by molar-refractivity contribution is 7.19. The van der Waals surface area contributed by atoms with E-state index in [9.17, 15) is 9.90 Å². The number of carbonyl (C=O) groups is 1. The lowest BCUT2D eigenvalue weighted by Gasteiger charge is -2.02. The number of carboxylic acids is 1. The largest absolute Gasteiger partial charge is 0.508 e. The van der Waals surface area contributed by atoms with Gasteiger partial charge in [-0.25, -0.2) is 4.98 Å². The number of hydrogen-bond acceptors (Lipinski definition) is 4. The molecule has 4 nitrogen and oxygen atoms in total. The molecule has 0 amide bonds. The summed E-state index contributed by atoms with van der Waals surface area (Å²) in [5, 5.41) is 19.2. The molecule has 22 heavy (non-hydrogen) atoms. The molecule has 0 saturated heterocycles. The van der Waals surface area contributed by atoms with Gasteiger partial charge in [0, 0.05) is 0 Å². The maximum absolute atomic E-state index is 11.1. The topological polar surface area (TPSA) is 70.4 Å². The third-order valence-electron chi connectivity index (χ3n) is 3.14. The summed E-state index contributed by atoms with van der Waals surface area (Å²) in [5.74, 6) is -0.721. The summed E-state index contributed by atoms with van der Waals surface area (Å²) in [7, 11) is 0. The first-order chi connectivity index (χ1) is 10.6. The van der Waals surface area contributed by atoms with Crippen LogP contribution in [0.2, 0.25) is 0 Å². The minimum absolute atomic E-state index is 0.0965. The van der Waals surface area contributed by atoms with E-state index in [1.807, 2.05) is 24.3 Å². The number of hydrogen-bond donors (Lipinski definition) is 2. The van der Waals surface area contributed by atoms with E-state index in [0.29, 0.717) is 10.6 Å². The predicted molar refractivity (Wildman–Crippen MR) is 87.9 cm³/mol. The highest BCUT2D eigenvalue weighted by Gasteiger charge is 2.12. The van der Waals surface area contributed by atoms with Crippen LogP contribution in [0.1, 0.15) is 17.0 Å². The second-order valence-electron chi connectivity index (χ2n) is 4.82. The molecule has 0 radical (unpaired) electrons. The minimum Gasteiger partial charge on any atom is -0.508 e. The minimum atomic E-state index is -0.899. The number of thiazole rings is 1. The van der Waals surface area contributed by atoms with E-state index in [1.54, 1.807) is 30.3 Å². The van der Waals surface area contributed by atoms with Gasteiger partial charge in [-0.2, -0.15) is 0 Å². The fourth-order valence-electron chi connectivity index (χ4n) is 2.13. The number of aromatic nitrogens is 1.